The summed E-state index contributed by atoms with van der Waals surface area (Å²) in [6.45, 7) is 7.48. The zero-order chi connectivity index (χ0) is 23.0. The van der Waals surface area contributed by atoms with Crippen LogP contribution in [0.25, 0.3) is 0 Å². The summed E-state index contributed by atoms with van der Waals surface area (Å²) < 4.78 is 0. The number of rotatable bonds is 7. The third-order valence-electron chi connectivity index (χ3n) is 6.87. The quantitative estimate of drug-likeness (QED) is 0.679. The van der Waals surface area contributed by atoms with Crippen molar-refractivity contribution < 1.29 is 9.59 Å². The predicted molar refractivity (Wildman–Crippen MR) is 133 cm³/mol. The van der Waals surface area contributed by atoms with Crippen molar-refractivity contribution in [1.29, 1.82) is 0 Å². The number of hydrogen-bond acceptors (Lipinski definition) is 4. The SMILES string of the molecule is Cc1ccccc1C(=O)NC1CCN(c2ccccc2C(=O)NCCN2CCCCC2)CC1. The molecule has 0 radical (unpaired) electrons. The van der Waals surface area contributed by atoms with Gasteiger partial charge in [0.25, 0.3) is 11.8 Å². The Morgan fingerprint density at radius 1 is 0.848 bits per heavy atom. The molecule has 176 valence electrons. The van der Waals surface area contributed by atoms with E-state index in [1.165, 1.54) is 19.3 Å². The van der Waals surface area contributed by atoms with Crippen LogP contribution in [0.4, 0.5) is 5.69 Å². The van der Waals surface area contributed by atoms with Gasteiger partial charge in [-0.3, -0.25) is 9.59 Å². The molecule has 2 aromatic carbocycles. The lowest BCUT2D eigenvalue weighted by Crippen LogP contribution is -2.45. The average molecular weight is 449 g/mol. The third kappa shape index (κ3) is 6.14. The normalized spacial score (nSPS) is 17.5. The zero-order valence-corrected chi connectivity index (χ0v) is 19.7. The molecular formula is C27H36N4O2. The van der Waals surface area contributed by atoms with Gasteiger partial charge >= 0.3 is 0 Å². The Morgan fingerprint density at radius 3 is 2.24 bits per heavy atom. The second kappa shape index (κ2) is 11.3. The van der Waals surface area contributed by atoms with E-state index in [1.807, 2.05) is 55.5 Å². The van der Waals surface area contributed by atoms with Gasteiger partial charge < -0.3 is 20.4 Å². The minimum Gasteiger partial charge on any atom is -0.371 e. The highest BCUT2D eigenvalue weighted by molar-refractivity contribution is 6.00. The minimum absolute atomic E-state index is 0.0000309. The summed E-state index contributed by atoms with van der Waals surface area (Å²) in [4.78, 5) is 30.3. The zero-order valence-electron chi connectivity index (χ0n) is 19.7. The van der Waals surface area contributed by atoms with E-state index in [2.05, 4.69) is 20.4 Å². The molecule has 2 aliphatic rings. The fourth-order valence-electron chi connectivity index (χ4n) is 4.90. The Bertz CT molecular complexity index is 947. The number of carbonyl (C=O) groups is 2. The number of aryl methyl sites for hydroxylation is 1. The molecule has 2 amide bonds. The molecule has 0 bridgehead atoms. The van der Waals surface area contributed by atoms with E-state index in [0.717, 1.165) is 67.9 Å². The van der Waals surface area contributed by atoms with Crippen molar-refractivity contribution in [3.63, 3.8) is 0 Å². The molecule has 2 aliphatic heterocycles. The molecule has 6 heteroatoms. The van der Waals surface area contributed by atoms with Gasteiger partial charge in [0.05, 0.1) is 5.56 Å². The molecule has 2 fully saturated rings. The topological polar surface area (TPSA) is 64.7 Å². The fraction of sp³-hybridized carbons (Fsp3) is 0.481. The van der Waals surface area contributed by atoms with Gasteiger partial charge in [0, 0.05) is 43.5 Å². The van der Waals surface area contributed by atoms with Crippen LogP contribution in [0.2, 0.25) is 0 Å². The number of piperidine rings is 2. The number of nitrogens with one attached hydrogen (secondary N) is 2. The van der Waals surface area contributed by atoms with E-state index >= 15 is 0 Å². The lowest BCUT2D eigenvalue weighted by Gasteiger charge is -2.35. The summed E-state index contributed by atoms with van der Waals surface area (Å²) in [7, 11) is 0. The Morgan fingerprint density at radius 2 is 1.52 bits per heavy atom. The van der Waals surface area contributed by atoms with Crippen LogP contribution in [0, 0.1) is 6.92 Å². The van der Waals surface area contributed by atoms with Crippen LogP contribution >= 0.6 is 0 Å². The van der Waals surface area contributed by atoms with Crippen LogP contribution in [0.15, 0.2) is 48.5 Å². The molecule has 0 aliphatic carbocycles. The summed E-state index contributed by atoms with van der Waals surface area (Å²) in [5, 5.41) is 6.31. The summed E-state index contributed by atoms with van der Waals surface area (Å²) in [5.74, 6) is -0.00220. The van der Waals surface area contributed by atoms with Crippen molar-refractivity contribution >= 4 is 17.5 Å². The molecule has 33 heavy (non-hydrogen) atoms. The van der Waals surface area contributed by atoms with Gasteiger partial charge in [-0.25, -0.2) is 0 Å². The molecular weight excluding hydrogens is 412 g/mol. The van der Waals surface area contributed by atoms with Crippen LogP contribution in [0.3, 0.4) is 0 Å². The van der Waals surface area contributed by atoms with Crippen LogP contribution in [0.5, 0.6) is 0 Å². The maximum absolute atomic E-state index is 12.9. The lowest BCUT2D eigenvalue weighted by atomic mass is 10.0. The molecule has 0 unspecified atom stereocenters. The van der Waals surface area contributed by atoms with E-state index in [4.69, 9.17) is 0 Å². The number of carbonyl (C=O) groups excluding carboxylic acids is 2. The van der Waals surface area contributed by atoms with Gasteiger partial charge in [0.1, 0.15) is 0 Å². The first kappa shape index (κ1) is 23.3. The molecule has 2 saturated heterocycles. The molecule has 0 saturated carbocycles. The van der Waals surface area contributed by atoms with Gasteiger partial charge in [-0.15, -0.1) is 0 Å². The van der Waals surface area contributed by atoms with Gasteiger partial charge in [-0.05, 0) is 69.5 Å². The highest BCUT2D eigenvalue weighted by Gasteiger charge is 2.24. The largest absolute Gasteiger partial charge is 0.371 e. The van der Waals surface area contributed by atoms with Crippen molar-refractivity contribution in [3.8, 4) is 0 Å². The van der Waals surface area contributed by atoms with Crippen LogP contribution in [-0.2, 0) is 0 Å². The number of benzene rings is 2. The number of para-hydroxylation sites is 1. The smallest absolute Gasteiger partial charge is 0.253 e. The number of hydrogen-bond donors (Lipinski definition) is 2. The summed E-state index contributed by atoms with van der Waals surface area (Å²) in [6.07, 6.45) is 5.57. The highest BCUT2D eigenvalue weighted by atomic mass is 16.2. The molecule has 6 nitrogen and oxygen atoms in total. The van der Waals surface area contributed by atoms with Crippen molar-refractivity contribution in [2.75, 3.05) is 44.2 Å². The lowest BCUT2D eigenvalue weighted by molar-refractivity contribution is 0.0928. The molecule has 2 aromatic rings. The Labute approximate surface area is 197 Å². The van der Waals surface area contributed by atoms with Crippen molar-refractivity contribution in [3.05, 3.63) is 65.2 Å². The van der Waals surface area contributed by atoms with Gasteiger partial charge in [-0.2, -0.15) is 0 Å². The standard InChI is InChI=1S/C27H36N4O2/c1-21-9-3-4-10-23(21)27(33)29-22-13-18-31(19-14-22)25-12-6-5-11-24(25)26(32)28-15-20-30-16-7-2-8-17-30/h3-6,9-12,22H,2,7-8,13-20H2,1H3,(H,28,32)(H,29,33). The first-order chi connectivity index (χ1) is 16.1. The van der Waals surface area contributed by atoms with Crippen molar-refractivity contribution in [2.24, 2.45) is 0 Å². The minimum atomic E-state index is -0.00223. The van der Waals surface area contributed by atoms with Crippen LogP contribution in [0.1, 0.15) is 58.4 Å². The molecule has 4 rings (SSSR count). The van der Waals surface area contributed by atoms with Gasteiger partial charge in [-0.1, -0.05) is 36.8 Å². The monoisotopic (exact) mass is 448 g/mol. The van der Waals surface area contributed by atoms with Crippen molar-refractivity contribution in [1.82, 2.24) is 15.5 Å². The maximum atomic E-state index is 12.9. The summed E-state index contributed by atoms with van der Waals surface area (Å²) in [5.41, 5.74) is 3.45. The highest BCUT2D eigenvalue weighted by Crippen LogP contribution is 2.24. The van der Waals surface area contributed by atoms with Gasteiger partial charge in [0.2, 0.25) is 0 Å². The third-order valence-corrected chi connectivity index (χ3v) is 6.87. The van der Waals surface area contributed by atoms with E-state index in [-0.39, 0.29) is 17.9 Å². The molecule has 0 spiro atoms. The van der Waals surface area contributed by atoms with E-state index < -0.39 is 0 Å². The molecule has 2 N–H and O–H groups in total. The average Bonchev–Trinajstić information content (AvgIpc) is 2.85. The predicted octanol–water partition coefficient (Wildman–Crippen LogP) is 3.61. The Balaban J connectivity index is 1.30. The Hall–Kier alpha value is -2.86. The second-order valence-electron chi connectivity index (χ2n) is 9.23. The number of anilines is 1. The van der Waals surface area contributed by atoms with Crippen LogP contribution in [-0.4, -0.2) is 62.0 Å². The number of likely N-dealkylation sites (tertiary alicyclic amines) is 1. The fourth-order valence-corrected chi connectivity index (χ4v) is 4.90. The van der Waals surface area contributed by atoms with Crippen molar-refractivity contribution in [2.45, 2.75) is 45.1 Å². The number of amides is 2. The Kier molecular flexibility index (Phi) is 8.00. The first-order valence-electron chi connectivity index (χ1n) is 12.3. The molecule has 0 atom stereocenters. The summed E-state index contributed by atoms with van der Waals surface area (Å²) in [6, 6.07) is 15.7. The maximum Gasteiger partial charge on any atom is 0.253 e. The summed E-state index contributed by atoms with van der Waals surface area (Å²) >= 11 is 0. The van der Waals surface area contributed by atoms with Gasteiger partial charge in [0.15, 0.2) is 0 Å². The first-order valence-corrected chi connectivity index (χ1v) is 12.3. The second-order valence-corrected chi connectivity index (χ2v) is 9.23. The van der Waals surface area contributed by atoms with Crippen LogP contribution < -0.4 is 15.5 Å². The molecule has 0 aromatic heterocycles. The van der Waals surface area contributed by atoms with E-state index in [0.29, 0.717) is 6.54 Å². The molecule has 2 heterocycles. The number of nitrogens with zero attached hydrogens (tertiary/aromatic N) is 2. The van der Waals surface area contributed by atoms with E-state index in [1.54, 1.807) is 0 Å². The van der Waals surface area contributed by atoms with E-state index in [9.17, 15) is 9.59 Å².